The van der Waals surface area contributed by atoms with Crippen LogP contribution in [0.3, 0.4) is 0 Å². The molecule has 3 N–H and O–H groups in total. The molecule has 0 amide bonds. The summed E-state index contributed by atoms with van der Waals surface area (Å²) in [4.78, 5) is 31.3. The minimum atomic E-state index is -0.976. The Labute approximate surface area is 199 Å². The Kier molecular flexibility index (Phi) is 6.80. The number of nitrogens with zero attached hydrogens (tertiary/aromatic N) is 4. The fraction of sp³-hybridized carbons (Fsp3) is 0.217. The number of imidazole rings is 1. The highest BCUT2D eigenvalue weighted by atomic mass is 35.5. The maximum atomic E-state index is 12.6. The molecule has 4 aromatic rings. The Bertz CT molecular complexity index is 1440. The number of rotatable bonds is 8. The second-order valence-corrected chi connectivity index (χ2v) is 8.07. The fourth-order valence-electron chi connectivity index (χ4n) is 3.36. The van der Waals surface area contributed by atoms with Crippen LogP contribution in [0.1, 0.15) is 12.5 Å². The van der Waals surface area contributed by atoms with Crippen molar-refractivity contribution >= 4 is 34.4 Å². The Balaban J connectivity index is 1.65. The van der Waals surface area contributed by atoms with E-state index in [9.17, 15) is 14.7 Å². The molecule has 0 saturated carbocycles. The number of para-hydroxylation sites is 1. The van der Waals surface area contributed by atoms with Gasteiger partial charge in [-0.05, 0) is 36.8 Å². The van der Waals surface area contributed by atoms with Crippen LogP contribution in [0.2, 0.25) is 5.02 Å². The summed E-state index contributed by atoms with van der Waals surface area (Å²) in [7, 11) is 1.50. The summed E-state index contributed by atoms with van der Waals surface area (Å²) in [6.45, 7) is 1.76. The molecule has 34 heavy (non-hydrogen) atoms. The molecule has 11 heteroatoms. The third kappa shape index (κ3) is 5.03. The molecule has 0 aliphatic rings. The number of aliphatic hydroxyl groups excluding tert-OH is 1. The number of anilines is 1. The third-order valence-corrected chi connectivity index (χ3v) is 5.42. The lowest BCUT2D eigenvalue weighted by atomic mass is 10.1. The standard InChI is InChI=1S/C23H23ClN6O4/c1-14(15-8-10-16(24)11-9-15)27-28-22-25-20-19(21(32)26-23(33)29(20)2)30(22)12-17(31)13-34-18-6-4-3-5-7-18/h3-11,17,31H,12-13H2,1-2H3,(H,25,28)(H,26,32,33)/b27-14-/t17-/m1/s1. The van der Waals surface area contributed by atoms with E-state index in [-0.39, 0.29) is 30.3 Å². The first-order valence-electron chi connectivity index (χ1n) is 10.4. The average Bonchev–Trinajstić information content (AvgIpc) is 3.19. The zero-order chi connectivity index (χ0) is 24.2. The quantitative estimate of drug-likeness (QED) is 0.261. The Hall–Kier alpha value is -3.89. The molecule has 0 radical (unpaired) electrons. The highest BCUT2D eigenvalue weighted by Gasteiger charge is 2.20. The maximum absolute atomic E-state index is 12.6. The Morgan fingerprint density at radius 2 is 1.91 bits per heavy atom. The molecule has 0 saturated heterocycles. The van der Waals surface area contributed by atoms with E-state index in [0.717, 1.165) is 5.56 Å². The summed E-state index contributed by atoms with van der Waals surface area (Å²) < 4.78 is 8.32. The van der Waals surface area contributed by atoms with Crippen molar-refractivity contribution in [2.75, 3.05) is 12.0 Å². The molecule has 2 aromatic carbocycles. The summed E-state index contributed by atoms with van der Waals surface area (Å²) in [5.41, 5.74) is 3.41. The monoisotopic (exact) mass is 482 g/mol. The summed E-state index contributed by atoms with van der Waals surface area (Å²) >= 11 is 5.95. The van der Waals surface area contributed by atoms with E-state index in [1.54, 1.807) is 31.2 Å². The molecule has 0 unspecified atom stereocenters. The predicted molar refractivity (Wildman–Crippen MR) is 131 cm³/mol. The molecule has 176 valence electrons. The number of benzene rings is 2. The molecule has 2 heterocycles. The smallest absolute Gasteiger partial charge is 0.329 e. The first kappa shape index (κ1) is 23.3. The van der Waals surface area contributed by atoms with Gasteiger partial charge in [0.05, 0.1) is 12.3 Å². The van der Waals surface area contributed by atoms with Crippen LogP contribution in [0.5, 0.6) is 5.75 Å². The van der Waals surface area contributed by atoms with Gasteiger partial charge < -0.3 is 14.4 Å². The van der Waals surface area contributed by atoms with Gasteiger partial charge in [0.1, 0.15) is 18.5 Å². The van der Waals surface area contributed by atoms with Gasteiger partial charge in [-0.2, -0.15) is 10.1 Å². The predicted octanol–water partition coefficient (Wildman–Crippen LogP) is 2.35. The van der Waals surface area contributed by atoms with Gasteiger partial charge in [-0.15, -0.1) is 0 Å². The van der Waals surface area contributed by atoms with Crippen LogP contribution in [0, 0.1) is 0 Å². The number of H-pyrrole nitrogens is 1. The van der Waals surface area contributed by atoms with Gasteiger partial charge in [-0.3, -0.25) is 14.3 Å². The van der Waals surface area contributed by atoms with Crippen LogP contribution in [-0.2, 0) is 13.6 Å². The molecule has 1 atom stereocenters. The fourth-order valence-corrected chi connectivity index (χ4v) is 3.49. The van der Waals surface area contributed by atoms with Crippen molar-refractivity contribution < 1.29 is 9.84 Å². The van der Waals surface area contributed by atoms with E-state index >= 15 is 0 Å². The van der Waals surface area contributed by atoms with Crippen LogP contribution in [-0.4, -0.2) is 42.6 Å². The zero-order valence-corrected chi connectivity index (χ0v) is 19.3. The van der Waals surface area contributed by atoms with Crippen molar-refractivity contribution in [3.63, 3.8) is 0 Å². The Morgan fingerprint density at radius 1 is 1.21 bits per heavy atom. The number of ether oxygens (including phenoxy) is 1. The highest BCUT2D eigenvalue weighted by molar-refractivity contribution is 6.30. The molecule has 0 aliphatic carbocycles. The number of halogens is 1. The van der Waals surface area contributed by atoms with Gasteiger partial charge in [0.15, 0.2) is 11.2 Å². The lowest BCUT2D eigenvalue weighted by molar-refractivity contribution is 0.0938. The van der Waals surface area contributed by atoms with Crippen LogP contribution in [0.4, 0.5) is 5.95 Å². The number of hydrazone groups is 1. The van der Waals surface area contributed by atoms with Crippen molar-refractivity contribution in [2.45, 2.75) is 19.6 Å². The van der Waals surface area contributed by atoms with Crippen molar-refractivity contribution in [1.29, 1.82) is 0 Å². The van der Waals surface area contributed by atoms with Crippen molar-refractivity contribution in [3.05, 3.63) is 86.0 Å². The number of nitrogens with one attached hydrogen (secondary N) is 2. The number of fused-ring (bicyclic) bond motifs is 1. The van der Waals surface area contributed by atoms with E-state index in [1.807, 2.05) is 30.3 Å². The molecule has 0 aliphatic heterocycles. The molecule has 4 rings (SSSR count). The van der Waals surface area contributed by atoms with Crippen LogP contribution in [0.25, 0.3) is 11.2 Å². The van der Waals surface area contributed by atoms with Gasteiger partial charge in [0.25, 0.3) is 5.56 Å². The van der Waals surface area contributed by atoms with Gasteiger partial charge in [0, 0.05) is 12.1 Å². The largest absolute Gasteiger partial charge is 0.491 e. The third-order valence-electron chi connectivity index (χ3n) is 5.17. The van der Waals surface area contributed by atoms with Gasteiger partial charge >= 0.3 is 5.69 Å². The number of aromatic nitrogens is 4. The SMILES string of the molecule is C/C(=N/Nc1nc2c(c(=O)[nH]c(=O)n2C)n1C[C@@H](O)COc1ccccc1)c1ccc(Cl)cc1. The lowest BCUT2D eigenvalue weighted by Crippen LogP contribution is -2.30. The van der Waals surface area contributed by atoms with Gasteiger partial charge in [-0.1, -0.05) is 41.9 Å². The van der Waals surface area contributed by atoms with Gasteiger partial charge in [-0.25, -0.2) is 10.2 Å². The summed E-state index contributed by atoms with van der Waals surface area (Å²) in [5, 5.41) is 15.6. The first-order valence-corrected chi connectivity index (χ1v) is 10.8. The molecule has 0 spiro atoms. The van der Waals surface area contributed by atoms with Gasteiger partial charge in [0.2, 0.25) is 5.95 Å². The molecule has 10 nitrogen and oxygen atoms in total. The lowest BCUT2D eigenvalue weighted by Gasteiger charge is -2.15. The number of aryl methyl sites for hydroxylation is 1. The molecular formula is C23H23ClN6O4. The number of hydrogen-bond donors (Lipinski definition) is 3. The van der Waals surface area contributed by atoms with Crippen molar-refractivity contribution in [2.24, 2.45) is 12.1 Å². The van der Waals surface area contributed by atoms with E-state index in [4.69, 9.17) is 16.3 Å². The van der Waals surface area contributed by atoms with Crippen LogP contribution < -0.4 is 21.4 Å². The maximum Gasteiger partial charge on any atom is 0.329 e. The van der Waals surface area contributed by atoms with Crippen molar-refractivity contribution in [3.8, 4) is 5.75 Å². The molecular weight excluding hydrogens is 460 g/mol. The van der Waals surface area contributed by atoms with E-state index in [2.05, 4.69) is 20.5 Å². The summed E-state index contributed by atoms with van der Waals surface area (Å²) in [6, 6.07) is 16.2. The second kappa shape index (κ2) is 9.94. The van der Waals surface area contributed by atoms with Crippen LogP contribution in [0.15, 0.2) is 69.3 Å². The van der Waals surface area contributed by atoms with Crippen LogP contribution >= 0.6 is 11.6 Å². The molecule has 0 fully saturated rings. The minimum absolute atomic E-state index is 0.0140. The number of aliphatic hydroxyl groups is 1. The zero-order valence-electron chi connectivity index (χ0n) is 18.5. The average molecular weight is 483 g/mol. The topological polar surface area (TPSA) is 127 Å². The highest BCUT2D eigenvalue weighted by Crippen LogP contribution is 2.18. The van der Waals surface area contributed by atoms with Crippen molar-refractivity contribution in [1.82, 2.24) is 19.1 Å². The molecule has 2 aromatic heterocycles. The Morgan fingerprint density at radius 3 is 2.62 bits per heavy atom. The number of hydrogen-bond acceptors (Lipinski definition) is 7. The minimum Gasteiger partial charge on any atom is -0.491 e. The van der Waals surface area contributed by atoms with E-state index in [1.165, 1.54) is 16.2 Å². The molecule has 0 bridgehead atoms. The second-order valence-electron chi connectivity index (χ2n) is 7.63. The normalized spacial score (nSPS) is 12.6. The van der Waals surface area contributed by atoms with E-state index in [0.29, 0.717) is 16.5 Å². The summed E-state index contributed by atoms with van der Waals surface area (Å²) in [5.74, 6) is 0.799. The summed E-state index contributed by atoms with van der Waals surface area (Å²) in [6.07, 6.45) is -0.976. The number of aromatic amines is 1. The first-order chi connectivity index (χ1) is 16.3. The van der Waals surface area contributed by atoms with E-state index < -0.39 is 17.4 Å².